The molecule has 1 aliphatic heterocycles. The van der Waals surface area contributed by atoms with Crippen LogP contribution in [0.1, 0.15) is 17.3 Å². The van der Waals surface area contributed by atoms with Crippen LogP contribution in [0.25, 0.3) is 21.9 Å². The van der Waals surface area contributed by atoms with Crippen molar-refractivity contribution in [3.8, 4) is 0 Å². The number of fused-ring (bicyclic) bond motifs is 3. The van der Waals surface area contributed by atoms with Gasteiger partial charge in [-0.1, -0.05) is 54.6 Å². The summed E-state index contributed by atoms with van der Waals surface area (Å²) in [6.07, 6.45) is -0.211. The molecule has 0 amide bonds. The zero-order chi connectivity index (χ0) is 18.4. The van der Waals surface area contributed by atoms with Gasteiger partial charge in [0.2, 0.25) is 5.29 Å². The molecule has 2 heterocycles. The summed E-state index contributed by atoms with van der Waals surface area (Å²) >= 11 is 6.27. The van der Waals surface area contributed by atoms with Gasteiger partial charge >= 0.3 is 0 Å². The van der Waals surface area contributed by atoms with E-state index in [0.29, 0.717) is 0 Å². The van der Waals surface area contributed by atoms with Gasteiger partial charge in [-0.15, -0.1) is 0 Å². The van der Waals surface area contributed by atoms with Crippen LogP contribution in [-0.2, 0) is 0 Å². The molecule has 4 aromatic rings. The van der Waals surface area contributed by atoms with Gasteiger partial charge in [0.25, 0.3) is 0 Å². The van der Waals surface area contributed by atoms with E-state index in [1.807, 2.05) is 66.5 Å². The van der Waals surface area contributed by atoms with Crippen LogP contribution in [0.5, 0.6) is 0 Å². The molecule has 0 bridgehead atoms. The van der Waals surface area contributed by atoms with Crippen molar-refractivity contribution in [2.24, 2.45) is 9.98 Å². The molecule has 0 aliphatic carbocycles. The first-order chi connectivity index (χ1) is 13.2. The molecule has 5 rings (SSSR count). The average Bonchev–Trinajstić information content (AvgIpc) is 3.08. The van der Waals surface area contributed by atoms with Crippen LogP contribution in [0.15, 0.2) is 87.2 Å². The molecule has 1 atom stereocenters. The molecule has 1 unspecified atom stereocenters. The molecule has 132 valence electrons. The summed E-state index contributed by atoms with van der Waals surface area (Å²) in [5.41, 5.74) is 3.72. The predicted octanol–water partition coefficient (Wildman–Crippen LogP) is 5.57. The Bertz CT molecular complexity index is 1210. The third kappa shape index (κ3) is 2.69. The second-order valence-corrected chi connectivity index (χ2v) is 6.88. The van der Waals surface area contributed by atoms with E-state index >= 15 is 0 Å². The van der Waals surface area contributed by atoms with Crippen LogP contribution >= 0.6 is 11.6 Å². The normalized spacial score (nSPS) is 17.3. The zero-order valence-corrected chi connectivity index (χ0v) is 15.4. The highest BCUT2D eigenvalue weighted by molar-refractivity contribution is 6.66. The fraction of sp³-hybridized carbons (Fsp3) is 0.0909. The highest BCUT2D eigenvalue weighted by atomic mass is 35.5. The van der Waals surface area contributed by atoms with Gasteiger partial charge in [0.15, 0.2) is 6.17 Å². The molecule has 5 heteroatoms. The molecule has 1 aliphatic rings. The van der Waals surface area contributed by atoms with Gasteiger partial charge < -0.3 is 9.32 Å². The summed E-state index contributed by atoms with van der Waals surface area (Å²) in [5.74, 6) is 0.770. The fourth-order valence-electron chi connectivity index (χ4n) is 3.55. The van der Waals surface area contributed by atoms with Crippen LogP contribution in [0.2, 0.25) is 0 Å². The maximum absolute atomic E-state index is 6.27. The lowest BCUT2D eigenvalue weighted by atomic mass is 10.1. The maximum atomic E-state index is 6.27. The standard InChI is InChI=1S/C22H16ClN3O/c1-26-20(14-7-3-2-4-8-14)24-22(23)25-21(26)15-11-12-17-16-9-5-6-10-18(16)27-19(17)13-15/h2-13,20H,1H3. The highest BCUT2D eigenvalue weighted by Gasteiger charge is 2.25. The lowest BCUT2D eigenvalue weighted by molar-refractivity contribution is 0.383. The van der Waals surface area contributed by atoms with Crippen molar-refractivity contribution >= 4 is 44.7 Å². The lowest BCUT2D eigenvalue weighted by Gasteiger charge is -2.31. The SMILES string of the molecule is CN1C(c2ccc3c(c2)oc2ccccc23)=NC(Cl)=NC1c1ccccc1. The van der Waals surface area contributed by atoms with Crippen molar-refractivity contribution < 1.29 is 4.42 Å². The van der Waals surface area contributed by atoms with Crippen LogP contribution in [0.3, 0.4) is 0 Å². The van der Waals surface area contributed by atoms with Crippen LogP contribution in [-0.4, -0.2) is 23.1 Å². The smallest absolute Gasteiger partial charge is 0.222 e. The summed E-state index contributed by atoms with van der Waals surface area (Å²) in [6, 6.07) is 24.3. The molecular formula is C22H16ClN3O. The van der Waals surface area contributed by atoms with Crippen molar-refractivity contribution in [1.82, 2.24) is 4.90 Å². The average molecular weight is 374 g/mol. The molecule has 1 aromatic heterocycles. The second kappa shape index (κ2) is 6.25. The molecule has 0 saturated carbocycles. The van der Waals surface area contributed by atoms with Gasteiger partial charge in [0.05, 0.1) is 0 Å². The van der Waals surface area contributed by atoms with Crippen molar-refractivity contribution in [2.45, 2.75) is 6.17 Å². The van der Waals surface area contributed by atoms with Crippen LogP contribution < -0.4 is 0 Å². The number of rotatable bonds is 2. The first-order valence-corrected chi connectivity index (χ1v) is 9.10. The molecular weight excluding hydrogens is 358 g/mol. The van der Waals surface area contributed by atoms with E-state index in [1.54, 1.807) is 0 Å². The Hall–Kier alpha value is -3.11. The first-order valence-electron chi connectivity index (χ1n) is 8.72. The fourth-order valence-corrected chi connectivity index (χ4v) is 3.73. The number of nitrogens with zero attached hydrogens (tertiary/aromatic N) is 3. The Labute approximate surface area is 161 Å². The number of benzene rings is 3. The van der Waals surface area contributed by atoms with Crippen LogP contribution in [0, 0.1) is 0 Å². The van der Waals surface area contributed by atoms with Crippen LogP contribution in [0.4, 0.5) is 0 Å². The van der Waals surface area contributed by atoms with E-state index in [-0.39, 0.29) is 11.5 Å². The number of furan rings is 1. The number of amidine groups is 2. The van der Waals surface area contributed by atoms with E-state index in [0.717, 1.165) is 38.9 Å². The summed E-state index contributed by atoms with van der Waals surface area (Å²) < 4.78 is 6.02. The molecule has 0 radical (unpaired) electrons. The number of halogens is 1. The van der Waals surface area contributed by atoms with E-state index in [1.165, 1.54) is 0 Å². The quantitative estimate of drug-likeness (QED) is 0.431. The summed E-state index contributed by atoms with van der Waals surface area (Å²) in [7, 11) is 1.98. The number of hydrogen-bond donors (Lipinski definition) is 0. The lowest BCUT2D eigenvalue weighted by Crippen LogP contribution is -2.34. The molecule has 4 nitrogen and oxygen atoms in total. The Balaban J connectivity index is 1.61. The summed E-state index contributed by atoms with van der Waals surface area (Å²) in [6.45, 7) is 0. The first kappa shape index (κ1) is 16.1. The minimum Gasteiger partial charge on any atom is -0.456 e. The molecule has 0 N–H and O–H groups in total. The Morgan fingerprint density at radius 1 is 0.889 bits per heavy atom. The zero-order valence-electron chi connectivity index (χ0n) is 14.6. The minimum atomic E-state index is -0.211. The van der Waals surface area contributed by atoms with E-state index in [2.05, 4.69) is 28.2 Å². The third-order valence-corrected chi connectivity index (χ3v) is 5.04. The molecule has 0 saturated heterocycles. The second-order valence-electron chi connectivity index (χ2n) is 6.54. The highest BCUT2D eigenvalue weighted by Crippen LogP contribution is 2.32. The van der Waals surface area contributed by atoms with Crippen molar-refractivity contribution in [3.05, 3.63) is 83.9 Å². The predicted molar refractivity (Wildman–Crippen MR) is 110 cm³/mol. The summed E-state index contributed by atoms with van der Waals surface area (Å²) in [5, 5.41) is 2.45. The topological polar surface area (TPSA) is 41.1 Å². The van der Waals surface area contributed by atoms with E-state index in [4.69, 9.17) is 16.0 Å². The van der Waals surface area contributed by atoms with Gasteiger partial charge in [-0.05, 0) is 35.4 Å². The van der Waals surface area contributed by atoms with E-state index < -0.39 is 0 Å². The van der Waals surface area contributed by atoms with Crippen molar-refractivity contribution in [1.29, 1.82) is 0 Å². The molecule has 3 aromatic carbocycles. The monoisotopic (exact) mass is 373 g/mol. The van der Waals surface area contributed by atoms with Gasteiger partial charge in [-0.3, -0.25) is 0 Å². The number of hydrogen-bond acceptors (Lipinski definition) is 4. The van der Waals surface area contributed by atoms with Gasteiger partial charge in [0, 0.05) is 23.4 Å². The van der Waals surface area contributed by atoms with Gasteiger partial charge in [-0.2, -0.15) is 0 Å². The summed E-state index contributed by atoms with van der Waals surface area (Å²) in [4.78, 5) is 11.0. The van der Waals surface area contributed by atoms with E-state index in [9.17, 15) is 0 Å². The molecule has 0 spiro atoms. The van der Waals surface area contributed by atoms with Gasteiger partial charge in [-0.25, -0.2) is 9.98 Å². The number of aliphatic imine (C=N–C) groups is 2. The molecule has 27 heavy (non-hydrogen) atoms. The van der Waals surface area contributed by atoms with Crippen molar-refractivity contribution in [2.75, 3.05) is 7.05 Å². The minimum absolute atomic E-state index is 0.211. The Kier molecular flexibility index (Phi) is 3.73. The van der Waals surface area contributed by atoms with Crippen molar-refractivity contribution in [3.63, 3.8) is 0 Å². The van der Waals surface area contributed by atoms with Gasteiger partial charge in [0.1, 0.15) is 17.0 Å². The Morgan fingerprint density at radius 3 is 2.48 bits per heavy atom. The number of para-hydroxylation sites is 1. The maximum Gasteiger partial charge on any atom is 0.222 e. The Morgan fingerprint density at radius 2 is 1.63 bits per heavy atom. The molecule has 0 fully saturated rings. The largest absolute Gasteiger partial charge is 0.456 e. The third-order valence-electron chi connectivity index (χ3n) is 4.86.